The summed E-state index contributed by atoms with van der Waals surface area (Å²) in [5.74, 6) is 0.487. The maximum atomic E-state index is 12.2. The summed E-state index contributed by atoms with van der Waals surface area (Å²) in [6.45, 7) is 4.45. The van der Waals surface area contributed by atoms with Crippen molar-refractivity contribution in [1.82, 2.24) is 0 Å². The first-order valence-electron chi connectivity index (χ1n) is 5.84. The number of phosphoric acid groups is 1. The van der Waals surface area contributed by atoms with Crippen LogP contribution in [0.5, 0.6) is 5.75 Å². The van der Waals surface area contributed by atoms with Crippen molar-refractivity contribution < 1.29 is 18.1 Å². The summed E-state index contributed by atoms with van der Waals surface area (Å²) in [6.07, 6.45) is 1.80. The van der Waals surface area contributed by atoms with Gasteiger partial charge in [-0.3, -0.25) is 9.05 Å². The molecule has 1 unspecified atom stereocenters. The van der Waals surface area contributed by atoms with Gasteiger partial charge in [-0.15, -0.1) is 0 Å². The van der Waals surface area contributed by atoms with Crippen molar-refractivity contribution in [3.63, 3.8) is 0 Å². The maximum absolute atomic E-state index is 12.2. The van der Waals surface area contributed by atoms with Crippen molar-refractivity contribution in [2.45, 2.75) is 26.7 Å². The molecular formula is C12H19O4P. The van der Waals surface area contributed by atoms with Crippen LogP contribution in [0.3, 0.4) is 0 Å². The lowest BCUT2D eigenvalue weighted by Crippen LogP contribution is -2.03. The van der Waals surface area contributed by atoms with E-state index in [0.29, 0.717) is 12.4 Å². The number of unbranched alkanes of at least 4 members (excludes halogenated alkanes) is 1. The minimum atomic E-state index is -3.47. The van der Waals surface area contributed by atoms with Gasteiger partial charge in [-0.25, -0.2) is 4.57 Å². The second kappa shape index (κ2) is 7.49. The van der Waals surface area contributed by atoms with Gasteiger partial charge in [0.25, 0.3) is 0 Å². The van der Waals surface area contributed by atoms with Crippen LogP contribution in [0.4, 0.5) is 0 Å². The lowest BCUT2D eigenvalue weighted by atomic mass is 10.3. The third-order valence-electron chi connectivity index (χ3n) is 1.99. The summed E-state index contributed by atoms with van der Waals surface area (Å²) >= 11 is 0. The van der Waals surface area contributed by atoms with Crippen molar-refractivity contribution in [3.8, 4) is 5.75 Å². The van der Waals surface area contributed by atoms with Crippen molar-refractivity contribution in [1.29, 1.82) is 0 Å². The molecular weight excluding hydrogens is 239 g/mol. The molecule has 17 heavy (non-hydrogen) atoms. The molecule has 0 saturated carbocycles. The zero-order valence-corrected chi connectivity index (χ0v) is 11.2. The Morgan fingerprint density at radius 2 is 1.82 bits per heavy atom. The molecule has 0 bridgehead atoms. The number of hydrogen-bond acceptors (Lipinski definition) is 4. The summed E-state index contributed by atoms with van der Waals surface area (Å²) in [4.78, 5) is 0. The largest absolute Gasteiger partial charge is 0.530 e. The first kappa shape index (κ1) is 14.2. The maximum Gasteiger partial charge on any atom is 0.530 e. The Kier molecular flexibility index (Phi) is 6.27. The molecule has 0 aromatic heterocycles. The van der Waals surface area contributed by atoms with Crippen LogP contribution < -0.4 is 4.52 Å². The van der Waals surface area contributed by atoms with Crippen LogP contribution >= 0.6 is 7.82 Å². The van der Waals surface area contributed by atoms with Gasteiger partial charge >= 0.3 is 7.82 Å². The second-order valence-electron chi connectivity index (χ2n) is 3.46. The first-order valence-corrected chi connectivity index (χ1v) is 7.30. The van der Waals surface area contributed by atoms with Crippen molar-refractivity contribution in [3.05, 3.63) is 30.3 Å². The van der Waals surface area contributed by atoms with Gasteiger partial charge in [0, 0.05) is 0 Å². The molecule has 0 saturated heterocycles. The van der Waals surface area contributed by atoms with E-state index in [-0.39, 0.29) is 6.61 Å². The van der Waals surface area contributed by atoms with Gasteiger partial charge in [0.2, 0.25) is 0 Å². The van der Waals surface area contributed by atoms with Crippen molar-refractivity contribution in [2.24, 2.45) is 0 Å². The Morgan fingerprint density at radius 3 is 2.41 bits per heavy atom. The normalized spacial score (nSPS) is 14.2. The molecule has 0 heterocycles. The molecule has 0 aliphatic heterocycles. The van der Waals surface area contributed by atoms with Gasteiger partial charge in [-0.1, -0.05) is 31.5 Å². The molecule has 1 rings (SSSR count). The molecule has 0 fully saturated rings. The molecule has 0 radical (unpaired) electrons. The molecule has 0 N–H and O–H groups in total. The van der Waals surface area contributed by atoms with Crippen LogP contribution in [0.2, 0.25) is 0 Å². The SMILES string of the molecule is CCCCOP(=O)(OCC)Oc1ccccc1. The van der Waals surface area contributed by atoms with E-state index in [1.54, 1.807) is 31.2 Å². The Morgan fingerprint density at radius 1 is 1.12 bits per heavy atom. The fourth-order valence-corrected chi connectivity index (χ4v) is 2.41. The minimum Gasteiger partial charge on any atom is -0.404 e. The fraction of sp³-hybridized carbons (Fsp3) is 0.500. The van der Waals surface area contributed by atoms with Crippen molar-refractivity contribution >= 4 is 7.82 Å². The van der Waals surface area contributed by atoms with Crippen molar-refractivity contribution in [2.75, 3.05) is 13.2 Å². The molecule has 0 aliphatic carbocycles. The summed E-state index contributed by atoms with van der Waals surface area (Å²) < 4.78 is 27.8. The summed E-state index contributed by atoms with van der Waals surface area (Å²) in [7, 11) is -3.47. The van der Waals surface area contributed by atoms with E-state index in [0.717, 1.165) is 12.8 Å². The molecule has 96 valence electrons. The van der Waals surface area contributed by atoms with Gasteiger partial charge in [-0.2, -0.15) is 0 Å². The number of rotatable bonds is 8. The van der Waals surface area contributed by atoms with E-state index in [9.17, 15) is 4.57 Å². The van der Waals surface area contributed by atoms with E-state index in [2.05, 4.69) is 0 Å². The highest BCUT2D eigenvalue weighted by Crippen LogP contribution is 2.49. The van der Waals surface area contributed by atoms with Gasteiger partial charge in [-0.05, 0) is 25.5 Å². The van der Waals surface area contributed by atoms with Crippen LogP contribution in [0.15, 0.2) is 30.3 Å². The third kappa shape index (κ3) is 5.35. The van der Waals surface area contributed by atoms with Gasteiger partial charge < -0.3 is 4.52 Å². The van der Waals surface area contributed by atoms with Gasteiger partial charge in [0.05, 0.1) is 13.2 Å². The summed E-state index contributed by atoms with van der Waals surface area (Å²) in [5, 5.41) is 0. The third-order valence-corrected chi connectivity index (χ3v) is 3.50. The number of benzene rings is 1. The van der Waals surface area contributed by atoms with Crippen LogP contribution in [-0.4, -0.2) is 13.2 Å². The van der Waals surface area contributed by atoms with Crippen LogP contribution in [-0.2, 0) is 13.6 Å². The number of hydrogen-bond donors (Lipinski definition) is 0. The second-order valence-corrected chi connectivity index (χ2v) is 5.05. The molecule has 0 amide bonds. The van der Waals surface area contributed by atoms with E-state index in [1.165, 1.54) is 0 Å². The smallest absolute Gasteiger partial charge is 0.404 e. The van der Waals surface area contributed by atoms with E-state index in [4.69, 9.17) is 13.6 Å². The highest BCUT2D eigenvalue weighted by Gasteiger charge is 2.27. The molecule has 4 nitrogen and oxygen atoms in total. The highest BCUT2D eigenvalue weighted by molar-refractivity contribution is 7.48. The average Bonchev–Trinajstić information content (AvgIpc) is 2.31. The number of phosphoric ester groups is 1. The quantitative estimate of drug-likeness (QED) is 0.521. The Hall–Kier alpha value is -0.830. The zero-order chi connectivity index (χ0) is 12.6. The predicted molar refractivity (Wildman–Crippen MR) is 67.2 cm³/mol. The first-order chi connectivity index (χ1) is 8.20. The average molecular weight is 258 g/mol. The molecule has 0 aliphatic rings. The Balaban J connectivity index is 2.61. The standard InChI is InChI=1S/C12H19O4P/c1-3-5-11-15-17(13,14-4-2)16-12-9-7-6-8-10-12/h6-10H,3-5,11H2,1-2H3. The van der Waals surface area contributed by atoms with E-state index >= 15 is 0 Å². The van der Waals surface area contributed by atoms with Crippen LogP contribution in [0, 0.1) is 0 Å². The Labute approximate surface area is 103 Å². The topological polar surface area (TPSA) is 44.8 Å². The fourth-order valence-electron chi connectivity index (χ4n) is 1.18. The summed E-state index contributed by atoms with van der Waals surface area (Å²) in [6, 6.07) is 8.90. The lowest BCUT2D eigenvalue weighted by Gasteiger charge is -2.17. The molecule has 1 atom stereocenters. The highest BCUT2D eigenvalue weighted by atomic mass is 31.2. The Bertz CT molecular complexity index is 353. The number of para-hydroxylation sites is 1. The van der Waals surface area contributed by atoms with E-state index < -0.39 is 7.82 Å². The molecule has 1 aromatic rings. The molecule has 0 spiro atoms. The molecule has 1 aromatic carbocycles. The zero-order valence-electron chi connectivity index (χ0n) is 10.3. The summed E-state index contributed by atoms with van der Waals surface area (Å²) in [5.41, 5.74) is 0. The lowest BCUT2D eigenvalue weighted by molar-refractivity contribution is 0.159. The monoisotopic (exact) mass is 258 g/mol. The van der Waals surface area contributed by atoms with Crippen LogP contribution in [0.1, 0.15) is 26.7 Å². The predicted octanol–water partition coefficient (Wildman–Crippen LogP) is 4.03. The van der Waals surface area contributed by atoms with Crippen LogP contribution in [0.25, 0.3) is 0 Å². The van der Waals surface area contributed by atoms with Gasteiger partial charge in [0.1, 0.15) is 5.75 Å². The van der Waals surface area contributed by atoms with E-state index in [1.807, 2.05) is 13.0 Å². The minimum absolute atomic E-state index is 0.288. The van der Waals surface area contributed by atoms with Gasteiger partial charge in [0.15, 0.2) is 0 Å². The molecule has 5 heteroatoms.